The summed E-state index contributed by atoms with van der Waals surface area (Å²) < 4.78 is 5.31. The second-order valence-electron chi connectivity index (χ2n) is 6.34. The zero-order valence-corrected chi connectivity index (χ0v) is 14.7. The fraction of sp³-hybridized carbons (Fsp3) is 0.550. The van der Waals surface area contributed by atoms with E-state index in [0.29, 0.717) is 11.5 Å². The lowest BCUT2D eigenvalue weighted by Crippen LogP contribution is -1.89. The molecule has 0 spiro atoms. The van der Waals surface area contributed by atoms with Gasteiger partial charge >= 0.3 is 0 Å². The maximum Gasteiger partial charge on any atom is 0.257 e. The van der Waals surface area contributed by atoms with Crippen molar-refractivity contribution in [1.29, 1.82) is 0 Å². The third kappa shape index (κ3) is 6.26. The van der Waals surface area contributed by atoms with Crippen LogP contribution in [0.5, 0.6) is 0 Å². The minimum absolute atomic E-state index is 0.490. The fourth-order valence-corrected chi connectivity index (χ4v) is 2.81. The van der Waals surface area contributed by atoms with Gasteiger partial charge in [-0.05, 0) is 18.6 Å². The maximum absolute atomic E-state index is 10.8. The Bertz CT molecular complexity index is 607. The molecule has 0 fully saturated rings. The van der Waals surface area contributed by atoms with Gasteiger partial charge in [0.2, 0.25) is 0 Å². The molecule has 1 aromatic carbocycles. The molecule has 0 N–H and O–H groups in total. The van der Waals surface area contributed by atoms with Gasteiger partial charge in [-0.15, -0.1) is 0 Å². The van der Waals surface area contributed by atoms with E-state index in [1.165, 1.54) is 51.4 Å². The van der Waals surface area contributed by atoms with E-state index in [2.05, 4.69) is 17.1 Å². The molecular formula is C20H28N2O2. The first kappa shape index (κ1) is 18.4. The molecule has 0 unspecified atom stereocenters. The summed E-state index contributed by atoms with van der Waals surface area (Å²) in [4.78, 5) is 15.3. The van der Waals surface area contributed by atoms with Crippen molar-refractivity contribution in [2.45, 2.75) is 71.1 Å². The topological polar surface area (TPSA) is 56.0 Å². The number of rotatable bonds is 12. The molecule has 1 aromatic heterocycles. The molecule has 0 bridgehead atoms. The van der Waals surface area contributed by atoms with Crippen LogP contribution >= 0.6 is 0 Å². The lowest BCUT2D eigenvalue weighted by molar-refractivity contribution is 0.112. The lowest BCUT2D eigenvalue weighted by Gasteiger charge is -2.00. The molecule has 4 nitrogen and oxygen atoms in total. The van der Waals surface area contributed by atoms with Crippen LogP contribution in [0.25, 0.3) is 11.5 Å². The Balaban J connectivity index is 1.66. The number of aldehydes is 1. The van der Waals surface area contributed by atoms with Crippen molar-refractivity contribution in [2.75, 3.05) is 0 Å². The molecular weight excluding hydrogens is 300 g/mol. The third-order valence-electron chi connectivity index (χ3n) is 4.24. The van der Waals surface area contributed by atoms with Crippen LogP contribution in [0, 0.1) is 0 Å². The number of unbranched alkanes of at least 4 members (excludes halogenated alkanes) is 8. The Morgan fingerprint density at radius 2 is 1.71 bits per heavy atom. The summed E-state index contributed by atoms with van der Waals surface area (Å²) in [6.07, 6.45) is 13.4. The number of nitrogens with zero attached hydrogens (tertiary/aromatic N) is 2. The summed E-state index contributed by atoms with van der Waals surface area (Å²) in [6.45, 7) is 2.25. The van der Waals surface area contributed by atoms with Crippen LogP contribution in [0.3, 0.4) is 0 Å². The van der Waals surface area contributed by atoms with E-state index in [0.717, 1.165) is 30.5 Å². The van der Waals surface area contributed by atoms with Gasteiger partial charge in [0.25, 0.3) is 5.89 Å². The van der Waals surface area contributed by atoms with Crippen LogP contribution in [0.4, 0.5) is 0 Å². The molecule has 0 radical (unpaired) electrons. The number of aromatic nitrogens is 2. The van der Waals surface area contributed by atoms with E-state index in [4.69, 9.17) is 4.52 Å². The van der Waals surface area contributed by atoms with Gasteiger partial charge in [-0.3, -0.25) is 4.79 Å². The number of carbonyl (C=O) groups is 1. The Labute approximate surface area is 144 Å². The second-order valence-corrected chi connectivity index (χ2v) is 6.34. The van der Waals surface area contributed by atoms with Gasteiger partial charge in [0, 0.05) is 17.5 Å². The number of hydrogen-bond acceptors (Lipinski definition) is 4. The predicted molar refractivity (Wildman–Crippen MR) is 96.1 cm³/mol. The highest BCUT2D eigenvalue weighted by molar-refractivity contribution is 5.77. The first-order chi connectivity index (χ1) is 11.8. The van der Waals surface area contributed by atoms with Gasteiger partial charge in [-0.1, -0.05) is 75.6 Å². The number of benzene rings is 1. The first-order valence-corrected chi connectivity index (χ1v) is 9.21. The molecule has 24 heavy (non-hydrogen) atoms. The van der Waals surface area contributed by atoms with Crippen molar-refractivity contribution in [3.8, 4) is 11.5 Å². The van der Waals surface area contributed by atoms with E-state index in [-0.39, 0.29) is 0 Å². The van der Waals surface area contributed by atoms with E-state index in [1.54, 1.807) is 12.1 Å². The molecule has 0 aliphatic carbocycles. The average molecular weight is 328 g/mol. The standard InChI is InChI=1S/C20H28N2O2/c1-2-3-4-5-6-7-8-9-10-14-19-21-20(24-22-19)18-13-11-12-17(15-18)16-23/h11-13,15-16H,2-10,14H2,1H3. The Hall–Kier alpha value is -1.97. The van der Waals surface area contributed by atoms with Crippen LogP contribution in [0.1, 0.15) is 80.9 Å². The molecule has 1 heterocycles. The van der Waals surface area contributed by atoms with Gasteiger partial charge in [0.1, 0.15) is 6.29 Å². The zero-order chi connectivity index (χ0) is 17.0. The highest BCUT2D eigenvalue weighted by Gasteiger charge is 2.09. The first-order valence-electron chi connectivity index (χ1n) is 9.21. The third-order valence-corrected chi connectivity index (χ3v) is 4.24. The molecule has 0 aliphatic rings. The minimum atomic E-state index is 0.490. The second kappa shape index (κ2) is 10.7. The van der Waals surface area contributed by atoms with Crippen molar-refractivity contribution in [3.05, 3.63) is 35.7 Å². The van der Waals surface area contributed by atoms with Crippen LogP contribution < -0.4 is 0 Å². The summed E-state index contributed by atoms with van der Waals surface area (Å²) >= 11 is 0. The van der Waals surface area contributed by atoms with E-state index < -0.39 is 0 Å². The normalized spacial score (nSPS) is 10.9. The number of hydrogen-bond donors (Lipinski definition) is 0. The SMILES string of the molecule is CCCCCCCCCCCc1noc(-c2cccc(C=O)c2)n1. The van der Waals surface area contributed by atoms with Crippen molar-refractivity contribution >= 4 is 6.29 Å². The molecule has 0 saturated carbocycles. The molecule has 0 aliphatic heterocycles. The molecule has 0 saturated heterocycles. The summed E-state index contributed by atoms with van der Waals surface area (Å²) in [5.41, 5.74) is 1.41. The molecule has 2 aromatic rings. The molecule has 2 rings (SSSR count). The van der Waals surface area contributed by atoms with Gasteiger partial charge in [-0.25, -0.2) is 0 Å². The van der Waals surface area contributed by atoms with E-state index in [9.17, 15) is 4.79 Å². The fourth-order valence-electron chi connectivity index (χ4n) is 2.81. The van der Waals surface area contributed by atoms with Crippen LogP contribution in [0.15, 0.2) is 28.8 Å². The summed E-state index contributed by atoms with van der Waals surface area (Å²) in [5, 5.41) is 4.04. The Kier molecular flexibility index (Phi) is 8.22. The van der Waals surface area contributed by atoms with Crippen LogP contribution in [-0.2, 0) is 6.42 Å². The van der Waals surface area contributed by atoms with Crippen molar-refractivity contribution in [1.82, 2.24) is 10.1 Å². The quantitative estimate of drug-likeness (QED) is 0.374. The number of carbonyl (C=O) groups excluding carboxylic acids is 1. The maximum atomic E-state index is 10.8. The summed E-state index contributed by atoms with van der Waals surface area (Å²) in [7, 11) is 0. The van der Waals surface area contributed by atoms with E-state index >= 15 is 0 Å². The largest absolute Gasteiger partial charge is 0.334 e. The molecule has 0 atom stereocenters. The van der Waals surface area contributed by atoms with Crippen molar-refractivity contribution in [3.63, 3.8) is 0 Å². The van der Waals surface area contributed by atoms with Crippen molar-refractivity contribution < 1.29 is 9.32 Å². The lowest BCUT2D eigenvalue weighted by atomic mass is 10.1. The summed E-state index contributed by atoms with van der Waals surface area (Å²) in [6, 6.07) is 7.23. The van der Waals surface area contributed by atoms with Gasteiger partial charge in [0.15, 0.2) is 5.82 Å². The van der Waals surface area contributed by atoms with E-state index in [1.807, 2.05) is 12.1 Å². The van der Waals surface area contributed by atoms with Crippen LogP contribution in [0.2, 0.25) is 0 Å². The van der Waals surface area contributed by atoms with Crippen molar-refractivity contribution in [2.24, 2.45) is 0 Å². The molecule has 4 heteroatoms. The summed E-state index contributed by atoms with van der Waals surface area (Å²) in [5.74, 6) is 1.24. The van der Waals surface area contributed by atoms with Gasteiger partial charge in [0.05, 0.1) is 0 Å². The Morgan fingerprint density at radius 3 is 2.42 bits per heavy atom. The van der Waals surface area contributed by atoms with Gasteiger partial charge < -0.3 is 4.52 Å². The zero-order valence-electron chi connectivity index (χ0n) is 14.7. The smallest absolute Gasteiger partial charge is 0.257 e. The Morgan fingerprint density at radius 1 is 1.00 bits per heavy atom. The highest BCUT2D eigenvalue weighted by atomic mass is 16.5. The monoisotopic (exact) mass is 328 g/mol. The predicted octanol–water partition coefficient (Wildman–Crippen LogP) is 5.62. The molecule has 0 amide bonds. The van der Waals surface area contributed by atoms with Gasteiger partial charge in [-0.2, -0.15) is 4.98 Å². The average Bonchev–Trinajstić information content (AvgIpc) is 3.09. The highest BCUT2D eigenvalue weighted by Crippen LogP contribution is 2.19. The molecule has 130 valence electrons. The minimum Gasteiger partial charge on any atom is -0.334 e. The van der Waals surface area contributed by atoms with Crippen LogP contribution in [-0.4, -0.2) is 16.4 Å². The number of aryl methyl sites for hydroxylation is 1.